The molecule has 0 saturated carbocycles. The first-order valence-corrected chi connectivity index (χ1v) is 4.87. The first-order valence-electron chi connectivity index (χ1n) is 4.87. The molecule has 0 heterocycles. The van der Waals surface area contributed by atoms with Crippen molar-refractivity contribution < 1.29 is 9.13 Å². The zero-order chi connectivity index (χ0) is 11.3. The van der Waals surface area contributed by atoms with E-state index in [2.05, 4.69) is 0 Å². The van der Waals surface area contributed by atoms with Crippen LogP contribution in [0.2, 0.25) is 0 Å². The number of ether oxygens (including phenoxy) is 1. The molecule has 15 heavy (non-hydrogen) atoms. The highest BCUT2D eigenvalue weighted by molar-refractivity contribution is 5.77. The van der Waals surface area contributed by atoms with Gasteiger partial charge in [-0.2, -0.15) is 0 Å². The van der Waals surface area contributed by atoms with Crippen LogP contribution in [0.3, 0.4) is 0 Å². The summed E-state index contributed by atoms with van der Waals surface area (Å²) in [5, 5.41) is 7.15. The van der Waals surface area contributed by atoms with Crippen LogP contribution in [-0.4, -0.2) is 11.9 Å². The first kappa shape index (κ1) is 11.5. The van der Waals surface area contributed by atoms with Gasteiger partial charge >= 0.3 is 0 Å². The average molecular weight is 210 g/mol. The van der Waals surface area contributed by atoms with Crippen LogP contribution in [0.15, 0.2) is 24.3 Å². The molecule has 1 unspecified atom stereocenters. The van der Waals surface area contributed by atoms with Crippen LogP contribution in [-0.2, 0) is 0 Å². The standard InChI is InChI=1S/C11H15FN2O/c1-2-8(7-11(13)14)15-10-6-4-3-5-9(10)12/h3-6,8H,2,7H2,1H3,(H3,13,14). The van der Waals surface area contributed by atoms with Crippen LogP contribution in [0.5, 0.6) is 5.75 Å². The van der Waals surface area contributed by atoms with Crippen LogP contribution >= 0.6 is 0 Å². The maximum atomic E-state index is 13.2. The Hall–Kier alpha value is -1.58. The van der Waals surface area contributed by atoms with Crippen molar-refractivity contribution in [3.63, 3.8) is 0 Å². The van der Waals surface area contributed by atoms with Crippen molar-refractivity contribution in [1.82, 2.24) is 0 Å². The molecule has 82 valence electrons. The van der Waals surface area contributed by atoms with Crippen molar-refractivity contribution in [3.05, 3.63) is 30.1 Å². The van der Waals surface area contributed by atoms with Crippen LogP contribution in [0.4, 0.5) is 4.39 Å². The molecule has 0 aliphatic heterocycles. The number of para-hydroxylation sites is 1. The summed E-state index contributed by atoms with van der Waals surface area (Å²) in [6.07, 6.45) is 0.776. The van der Waals surface area contributed by atoms with Gasteiger partial charge in [-0.25, -0.2) is 4.39 Å². The fourth-order valence-corrected chi connectivity index (χ4v) is 1.23. The third-order valence-electron chi connectivity index (χ3n) is 2.03. The Morgan fingerprint density at radius 3 is 2.73 bits per heavy atom. The zero-order valence-corrected chi connectivity index (χ0v) is 8.66. The molecule has 0 fully saturated rings. The lowest BCUT2D eigenvalue weighted by Crippen LogP contribution is -2.24. The van der Waals surface area contributed by atoms with Gasteiger partial charge in [0.2, 0.25) is 0 Å². The minimum atomic E-state index is -0.389. The van der Waals surface area contributed by atoms with Gasteiger partial charge in [0.1, 0.15) is 6.10 Å². The highest BCUT2D eigenvalue weighted by atomic mass is 19.1. The van der Waals surface area contributed by atoms with Crippen molar-refractivity contribution >= 4 is 5.84 Å². The predicted molar refractivity (Wildman–Crippen MR) is 57.6 cm³/mol. The molecule has 0 amide bonds. The van der Waals surface area contributed by atoms with Gasteiger partial charge in [0.05, 0.1) is 5.84 Å². The molecule has 0 aliphatic rings. The molecule has 0 bridgehead atoms. The van der Waals surface area contributed by atoms with Crippen LogP contribution in [0.1, 0.15) is 19.8 Å². The quantitative estimate of drug-likeness (QED) is 0.578. The largest absolute Gasteiger partial charge is 0.487 e. The molecule has 1 rings (SSSR count). The number of hydrogen-bond acceptors (Lipinski definition) is 2. The molecule has 0 spiro atoms. The van der Waals surface area contributed by atoms with E-state index < -0.39 is 0 Å². The fraction of sp³-hybridized carbons (Fsp3) is 0.364. The maximum Gasteiger partial charge on any atom is 0.165 e. The topological polar surface area (TPSA) is 59.1 Å². The van der Waals surface area contributed by atoms with Crippen LogP contribution in [0.25, 0.3) is 0 Å². The number of rotatable bonds is 5. The van der Waals surface area contributed by atoms with E-state index in [1.54, 1.807) is 18.2 Å². The van der Waals surface area contributed by atoms with Gasteiger partial charge in [-0.15, -0.1) is 0 Å². The van der Waals surface area contributed by atoms with E-state index in [0.717, 1.165) is 0 Å². The van der Waals surface area contributed by atoms with Crippen molar-refractivity contribution in [3.8, 4) is 5.75 Å². The van der Waals surface area contributed by atoms with Gasteiger partial charge < -0.3 is 10.5 Å². The Morgan fingerprint density at radius 1 is 1.53 bits per heavy atom. The smallest absolute Gasteiger partial charge is 0.165 e. The Morgan fingerprint density at radius 2 is 2.20 bits per heavy atom. The second kappa shape index (κ2) is 5.34. The van der Waals surface area contributed by atoms with Gasteiger partial charge in [0, 0.05) is 6.42 Å². The minimum absolute atomic E-state index is 0.0539. The summed E-state index contributed by atoms with van der Waals surface area (Å²) in [6, 6.07) is 6.22. The minimum Gasteiger partial charge on any atom is -0.487 e. The molecule has 3 N–H and O–H groups in total. The van der Waals surface area contributed by atoms with Crippen molar-refractivity contribution in [2.75, 3.05) is 0 Å². The third kappa shape index (κ3) is 3.58. The number of nitrogens with two attached hydrogens (primary N) is 1. The van der Waals surface area contributed by atoms with Crippen molar-refractivity contribution in [1.29, 1.82) is 5.41 Å². The van der Waals surface area contributed by atoms with E-state index in [1.165, 1.54) is 6.07 Å². The third-order valence-corrected chi connectivity index (χ3v) is 2.03. The summed E-state index contributed by atoms with van der Waals surface area (Å²) in [5.41, 5.74) is 5.27. The first-order chi connectivity index (χ1) is 7.13. The molecule has 1 aromatic carbocycles. The second-order valence-electron chi connectivity index (χ2n) is 3.31. The molecular weight excluding hydrogens is 195 g/mol. The van der Waals surface area contributed by atoms with Crippen LogP contribution < -0.4 is 10.5 Å². The molecule has 0 aromatic heterocycles. The SMILES string of the molecule is CCC(CC(=N)N)Oc1ccccc1F. The summed E-state index contributed by atoms with van der Waals surface area (Å²) in [5.74, 6) is -0.122. The number of nitrogens with one attached hydrogen (secondary N) is 1. The maximum absolute atomic E-state index is 13.2. The summed E-state index contributed by atoms with van der Waals surface area (Å²) in [4.78, 5) is 0. The van der Waals surface area contributed by atoms with E-state index in [4.69, 9.17) is 15.9 Å². The van der Waals surface area contributed by atoms with E-state index >= 15 is 0 Å². The molecule has 1 atom stereocenters. The Balaban J connectivity index is 2.66. The zero-order valence-electron chi connectivity index (χ0n) is 8.66. The summed E-state index contributed by atoms with van der Waals surface area (Å²) in [7, 11) is 0. The van der Waals surface area contributed by atoms with E-state index in [9.17, 15) is 4.39 Å². The lowest BCUT2D eigenvalue weighted by atomic mass is 10.2. The van der Waals surface area contributed by atoms with Gasteiger partial charge in [0.25, 0.3) is 0 Å². The highest BCUT2D eigenvalue weighted by Crippen LogP contribution is 2.18. The predicted octanol–water partition coefficient (Wildman–Crippen LogP) is 2.31. The summed E-state index contributed by atoms with van der Waals surface area (Å²) < 4.78 is 18.6. The number of hydrogen-bond donors (Lipinski definition) is 2. The van der Waals surface area contributed by atoms with E-state index in [0.29, 0.717) is 12.8 Å². The second-order valence-corrected chi connectivity index (χ2v) is 3.31. The normalized spacial score (nSPS) is 12.1. The van der Waals surface area contributed by atoms with Crippen LogP contribution in [0, 0.1) is 11.2 Å². The Bertz CT molecular complexity index is 341. The average Bonchev–Trinajstić information content (AvgIpc) is 2.19. The van der Waals surface area contributed by atoms with Gasteiger partial charge in [-0.3, -0.25) is 5.41 Å². The Kier molecular flexibility index (Phi) is 4.09. The summed E-state index contributed by atoms with van der Waals surface area (Å²) in [6.45, 7) is 1.91. The number of halogens is 1. The molecule has 1 aromatic rings. The molecule has 3 nitrogen and oxygen atoms in total. The van der Waals surface area contributed by atoms with Crippen molar-refractivity contribution in [2.45, 2.75) is 25.9 Å². The number of benzene rings is 1. The van der Waals surface area contributed by atoms with Gasteiger partial charge in [-0.05, 0) is 18.6 Å². The van der Waals surface area contributed by atoms with E-state index in [-0.39, 0.29) is 23.5 Å². The Labute approximate surface area is 88.6 Å². The van der Waals surface area contributed by atoms with Crippen molar-refractivity contribution in [2.24, 2.45) is 5.73 Å². The van der Waals surface area contributed by atoms with E-state index in [1.807, 2.05) is 6.92 Å². The molecular formula is C11H15FN2O. The highest BCUT2D eigenvalue weighted by Gasteiger charge is 2.11. The van der Waals surface area contributed by atoms with Gasteiger partial charge in [-0.1, -0.05) is 19.1 Å². The fourth-order valence-electron chi connectivity index (χ4n) is 1.23. The van der Waals surface area contributed by atoms with Gasteiger partial charge in [0.15, 0.2) is 11.6 Å². The monoisotopic (exact) mass is 210 g/mol. The lowest BCUT2D eigenvalue weighted by Gasteiger charge is -2.17. The molecule has 0 radical (unpaired) electrons. The molecule has 0 saturated heterocycles. The number of amidine groups is 1. The summed E-state index contributed by atoms with van der Waals surface area (Å²) >= 11 is 0. The molecule has 0 aliphatic carbocycles. The molecule has 4 heteroatoms. The lowest BCUT2D eigenvalue weighted by molar-refractivity contribution is 0.195.